The quantitative estimate of drug-likeness (QED) is 0.607. The van der Waals surface area contributed by atoms with Crippen LogP contribution in [-0.2, 0) is 0 Å². The number of rotatable bonds is 4. The SMILES string of the molecule is c1cnc2cc(-c3ccn4nc(NCC5CCCC5)ncc34)ccc2n1. The fraction of sp³-hybridized carbons (Fsp3) is 0.300. The van der Waals surface area contributed by atoms with Crippen molar-refractivity contribution in [1.82, 2.24) is 24.6 Å². The second-order valence-electron chi connectivity index (χ2n) is 6.93. The number of hydrogen-bond acceptors (Lipinski definition) is 5. The zero-order chi connectivity index (χ0) is 17.3. The predicted molar refractivity (Wildman–Crippen MR) is 102 cm³/mol. The Hall–Kier alpha value is -3.02. The van der Waals surface area contributed by atoms with Gasteiger partial charge >= 0.3 is 0 Å². The molecule has 26 heavy (non-hydrogen) atoms. The van der Waals surface area contributed by atoms with Gasteiger partial charge in [0.2, 0.25) is 5.95 Å². The van der Waals surface area contributed by atoms with E-state index in [4.69, 9.17) is 0 Å². The Morgan fingerprint density at radius 3 is 2.73 bits per heavy atom. The highest BCUT2D eigenvalue weighted by Crippen LogP contribution is 2.28. The molecule has 1 N–H and O–H groups in total. The monoisotopic (exact) mass is 344 g/mol. The van der Waals surface area contributed by atoms with Crippen molar-refractivity contribution in [3.63, 3.8) is 0 Å². The lowest BCUT2D eigenvalue weighted by Crippen LogP contribution is -2.13. The second kappa shape index (κ2) is 6.37. The number of anilines is 1. The molecule has 0 unspecified atom stereocenters. The minimum atomic E-state index is 0.691. The van der Waals surface area contributed by atoms with Gasteiger partial charge in [-0.3, -0.25) is 9.97 Å². The van der Waals surface area contributed by atoms with Crippen molar-refractivity contribution in [2.45, 2.75) is 25.7 Å². The lowest BCUT2D eigenvalue weighted by atomic mass is 10.1. The maximum atomic E-state index is 4.61. The van der Waals surface area contributed by atoms with Gasteiger partial charge in [0.25, 0.3) is 0 Å². The Balaban J connectivity index is 1.44. The van der Waals surface area contributed by atoms with Gasteiger partial charge in [0.1, 0.15) is 0 Å². The molecule has 1 aliphatic rings. The van der Waals surface area contributed by atoms with Crippen LogP contribution in [0.2, 0.25) is 0 Å². The summed E-state index contributed by atoms with van der Waals surface area (Å²) >= 11 is 0. The summed E-state index contributed by atoms with van der Waals surface area (Å²) in [6.45, 7) is 0.961. The Bertz CT molecular complexity index is 1060. The van der Waals surface area contributed by atoms with Crippen molar-refractivity contribution in [1.29, 1.82) is 0 Å². The van der Waals surface area contributed by atoms with E-state index in [9.17, 15) is 0 Å². The third-order valence-electron chi connectivity index (χ3n) is 5.22. The maximum Gasteiger partial charge on any atom is 0.241 e. The molecule has 0 radical (unpaired) electrons. The van der Waals surface area contributed by atoms with Crippen molar-refractivity contribution >= 4 is 22.5 Å². The van der Waals surface area contributed by atoms with Gasteiger partial charge in [-0.1, -0.05) is 18.9 Å². The van der Waals surface area contributed by atoms with Crippen LogP contribution in [0.1, 0.15) is 25.7 Å². The highest BCUT2D eigenvalue weighted by atomic mass is 15.3. The number of nitrogens with zero attached hydrogens (tertiary/aromatic N) is 5. The summed E-state index contributed by atoms with van der Waals surface area (Å²) in [7, 11) is 0. The van der Waals surface area contributed by atoms with E-state index >= 15 is 0 Å². The molecular weight excluding hydrogens is 324 g/mol. The van der Waals surface area contributed by atoms with Crippen molar-refractivity contribution in [2.75, 3.05) is 11.9 Å². The number of benzene rings is 1. The number of hydrogen-bond donors (Lipinski definition) is 1. The van der Waals surface area contributed by atoms with Crippen molar-refractivity contribution in [3.8, 4) is 11.1 Å². The Morgan fingerprint density at radius 2 is 1.85 bits per heavy atom. The van der Waals surface area contributed by atoms with Crippen molar-refractivity contribution in [3.05, 3.63) is 49.1 Å². The van der Waals surface area contributed by atoms with Crippen LogP contribution in [0.5, 0.6) is 0 Å². The molecule has 0 aliphatic heterocycles. The second-order valence-corrected chi connectivity index (χ2v) is 6.93. The summed E-state index contributed by atoms with van der Waals surface area (Å²) in [5.74, 6) is 1.45. The van der Waals surface area contributed by atoms with E-state index in [0.717, 1.165) is 40.1 Å². The highest BCUT2D eigenvalue weighted by Gasteiger charge is 2.15. The Morgan fingerprint density at radius 1 is 1.00 bits per heavy atom. The molecule has 130 valence electrons. The van der Waals surface area contributed by atoms with Crippen LogP contribution in [0.4, 0.5) is 5.95 Å². The summed E-state index contributed by atoms with van der Waals surface area (Å²) in [6, 6.07) is 8.20. The van der Waals surface area contributed by atoms with Crippen LogP contribution in [0.15, 0.2) is 49.1 Å². The molecule has 3 heterocycles. The van der Waals surface area contributed by atoms with Gasteiger partial charge in [-0.15, -0.1) is 5.10 Å². The van der Waals surface area contributed by atoms with E-state index in [1.807, 2.05) is 23.0 Å². The largest absolute Gasteiger partial charge is 0.353 e. The maximum absolute atomic E-state index is 4.61. The van der Waals surface area contributed by atoms with Gasteiger partial charge in [0.05, 0.1) is 22.7 Å². The van der Waals surface area contributed by atoms with Gasteiger partial charge in [0.15, 0.2) is 0 Å². The van der Waals surface area contributed by atoms with E-state index in [1.54, 1.807) is 12.4 Å². The van der Waals surface area contributed by atoms with Crippen molar-refractivity contribution in [2.24, 2.45) is 5.92 Å². The van der Waals surface area contributed by atoms with Crippen LogP contribution in [0.25, 0.3) is 27.7 Å². The molecule has 0 bridgehead atoms. The summed E-state index contributed by atoms with van der Waals surface area (Å²) in [5.41, 5.74) is 4.96. The lowest BCUT2D eigenvalue weighted by Gasteiger charge is -2.10. The third kappa shape index (κ3) is 2.77. The lowest BCUT2D eigenvalue weighted by molar-refractivity contribution is 0.576. The molecule has 1 fully saturated rings. The molecule has 1 saturated carbocycles. The van der Waals surface area contributed by atoms with Crippen molar-refractivity contribution < 1.29 is 0 Å². The van der Waals surface area contributed by atoms with Crippen LogP contribution in [-0.4, -0.2) is 31.1 Å². The molecule has 0 amide bonds. The first-order valence-electron chi connectivity index (χ1n) is 9.16. The molecule has 6 heteroatoms. The van der Waals surface area contributed by atoms with E-state index in [1.165, 1.54) is 25.7 Å². The molecule has 1 aromatic carbocycles. The standard InChI is InChI=1S/C20H20N6/c1-2-4-14(3-1)12-23-20-24-13-19-16(7-10-26(19)25-20)15-5-6-17-18(11-15)22-9-8-21-17/h5-11,13-14H,1-4,12H2,(H,23,25). The topological polar surface area (TPSA) is 68.0 Å². The predicted octanol–water partition coefficient (Wildman–Crippen LogP) is 3.94. The summed E-state index contributed by atoms with van der Waals surface area (Å²) in [6.07, 6.45) is 12.6. The third-order valence-corrected chi connectivity index (χ3v) is 5.22. The average molecular weight is 344 g/mol. The molecule has 0 spiro atoms. The van der Waals surface area contributed by atoms with E-state index in [0.29, 0.717) is 5.95 Å². The van der Waals surface area contributed by atoms with E-state index < -0.39 is 0 Å². The van der Waals surface area contributed by atoms with Gasteiger partial charge < -0.3 is 5.32 Å². The van der Waals surface area contributed by atoms with E-state index in [2.05, 4.69) is 43.6 Å². The zero-order valence-corrected chi connectivity index (χ0v) is 14.5. The van der Waals surface area contributed by atoms with Gasteiger partial charge in [-0.2, -0.15) is 0 Å². The fourth-order valence-corrected chi connectivity index (χ4v) is 3.81. The molecule has 6 nitrogen and oxygen atoms in total. The first kappa shape index (κ1) is 15.3. The molecule has 5 rings (SSSR count). The Labute approximate surface area is 151 Å². The normalized spacial score (nSPS) is 15.1. The summed E-state index contributed by atoms with van der Waals surface area (Å²) < 4.78 is 1.89. The first-order chi connectivity index (χ1) is 12.9. The fourth-order valence-electron chi connectivity index (χ4n) is 3.81. The minimum absolute atomic E-state index is 0.691. The number of aromatic nitrogens is 5. The van der Waals surface area contributed by atoms with Crippen LogP contribution >= 0.6 is 0 Å². The molecule has 1 aliphatic carbocycles. The highest BCUT2D eigenvalue weighted by molar-refractivity contribution is 5.86. The zero-order valence-electron chi connectivity index (χ0n) is 14.5. The molecular formula is C20H20N6. The van der Waals surface area contributed by atoms with E-state index in [-0.39, 0.29) is 0 Å². The van der Waals surface area contributed by atoms with Gasteiger partial charge in [-0.25, -0.2) is 9.50 Å². The number of fused-ring (bicyclic) bond motifs is 2. The molecule has 4 aromatic rings. The van der Waals surface area contributed by atoms with Gasteiger partial charge in [0, 0.05) is 30.7 Å². The first-order valence-corrected chi connectivity index (χ1v) is 9.16. The minimum Gasteiger partial charge on any atom is -0.353 e. The molecule has 3 aromatic heterocycles. The number of nitrogens with one attached hydrogen (secondary N) is 1. The molecule has 0 saturated heterocycles. The van der Waals surface area contributed by atoms with Crippen LogP contribution in [0, 0.1) is 5.92 Å². The average Bonchev–Trinajstić information content (AvgIpc) is 3.35. The molecule has 0 atom stereocenters. The summed E-state index contributed by atoms with van der Waals surface area (Å²) in [4.78, 5) is 13.2. The van der Waals surface area contributed by atoms with Crippen LogP contribution < -0.4 is 5.32 Å². The smallest absolute Gasteiger partial charge is 0.241 e. The summed E-state index contributed by atoms with van der Waals surface area (Å²) in [5, 5.41) is 8.00. The Kier molecular flexibility index (Phi) is 3.74. The van der Waals surface area contributed by atoms with Crippen LogP contribution in [0.3, 0.4) is 0 Å². The van der Waals surface area contributed by atoms with Gasteiger partial charge in [-0.05, 0) is 42.5 Å².